The molecule has 2 aromatic carbocycles. The van der Waals surface area contributed by atoms with E-state index in [9.17, 15) is 0 Å². The van der Waals surface area contributed by atoms with Gasteiger partial charge < -0.3 is 20.1 Å². The van der Waals surface area contributed by atoms with Crippen LogP contribution in [0.1, 0.15) is 5.56 Å². The predicted octanol–water partition coefficient (Wildman–Crippen LogP) is 4.24. The van der Waals surface area contributed by atoms with Gasteiger partial charge in [0.15, 0.2) is 0 Å². The number of anilines is 2. The quantitative estimate of drug-likeness (QED) is 0.538. The van der Waals surface area contributed by atoms with Crippen LogP contribution >= 0.6 is 11.6 Å². The molecule has 0 saturated heterocycles. The van der Waals surface area contributed by atoms with E-state index in [0.717, 1.165) is 27.9 Å². The van der Waals surface area contributed by atoms with Crippen LogP contribution in [0.3, 0.4) is 0 Å². The second-order valence-electron chi connectivity index (χ2n) is 5.70. The Kier molecular flexibility index (Phi) is 6.71. The van der Waals surface area contributed by atoms with Crippen molar-refractivity contribution in [2.45, 2.75) is 6.54 Å². The maximum absolute atomic E-state index is 5.90. The van der Waals surface area contributed by atoms with Crippen molar-refractivity contribution < 1.29 is 9.47 Å². The summed E-state index contributed by atoms with van der Waals surface area (Å²) in [5.41, 5.74) is 1.13. The molecule has 1 heterocycles. The summed E-state index contributed by atoms with van der Waals surface area (Å²) < 4.78 is 10.8. The maximum atomic E-state index is 5.90. The first-order valence-electron chi connectivity index (χ1n) is 8.55. The second-order valence-corrected chi connectivity index (χ2v) is 6.13. The zero-order valence-electron chi connectivity index (χ0n) is 15.0. The molecule has 6 nitrogen and oxygen atoms in total. The first-order valence-corrected chi connectivity index (χ1v) is 8.93. The first-order chi connectivity index (χ1) is 13.2. The van der Waals surface area contributed by atoms with E-state index in [2.05, 4.69) is 20.6 Å². The molecule has 0 aliphatic carbocycles. The van der Waals surface area contributed by atoms with Gasteiger partial charge in [-0.3, -0.25) is 0 Å². The molecule has 0 spiro atoms. The lowest BCUT2D eigenvalue weighted by atomic mass is 10.2. The van der Waals surface area contributed by atoms with E-state index in [4.69, 9.17) is 21.1 Å². The van der Waals surface area contributed by atoms with Crippen molar-refractivity contribution >= 4 is 23.4 Å². The second kappa shape index (κ2) is 9.64. The molecule has 0 bridgehead atoms. The molecule has 0 unspecified atom stereocenters. The Hall–Kier alpha value is -2.99. The molecular weight excluding hydrogens is 364 g/mol. The SMILES string of the molecule is COc1ccc(OCCNc2nccc(NCc3ccc(Cl)cc3)n2)cc1. The van der Waals surface area contributed by atoms with E-state index in [-0.39, 0.29) is 0 Å². The van der Waals surface area contributed by atoms with Crippen molar-refractivity contribution in [3.8, 4) is 11.5 Å². The monoisotopic (exact) mass is 384 g/mol. The van der Waals surface area contributed by atoms with Crippen LogP contribution in [0.4, 0.5) is 11.8 Å². The van der Waals surface area contributed by atoms with Gasteiger partial charge in [0, 0.05) is 17.8 Å². The van der Waals surface area contributed by atoms with Gasteiger partial charge in [-0.2, -0.15) is 4.98 Å². The zero-order valence-corrected chi connectivity index (χ0v) is 15.7. The highest BCUT2D eigenvalue weighted by atomic mass is 35.5. The van der Waals surface area contributed by atoms with Crippen molar-refractivity contribution in [3.63, 3.8) is 0 Å². The van der Waals surface area contributed by atoms with Crippen LogP contribution in [0.15, 0.2) is 60.8 Å². The van der Waals surface area contributed by atoms with Gasteiger partial charge in [-0.15, -0.1) is 0 Å². The summed E-state index contributed by atoms with van der Waals surface area (Å²) >= 11 is 5.90. The van der Waals surface area contributed by atoms with E-state index in [1.807, 2.05) is 54.6 Å². The maximum Gasteiger partial charge on any atom is 0.224 e. The minimum Gasteiger partial charge on any atom is -0.497 e. The van der Waals surface area contributed by atoms with E-state index >= 15 is 0 Å². The summed E-state index contributed by atoms with van der Waals surface area (Å²) in [6.07, 6.45) is 1.71. The highest BCUT2D eigenvalue weighted by Crippen LogP contribution is 2.17. The third-order valence-corrected chi connectivity index (χ3v) is 4.01. The Labute approximate surface area is 163 Å². The summed E-state index contributed by atoms with van der Waals surface area (Å²) in [5.74, 6) is 2.89. The number of ether oxygens (including phenoxy) is 2. The van der Waals surface area contributed by atoms with Gasteiger partial charge in [-0.25, -0.2) is 4.98 Å². The molecule has 2 N–H and O–H groups in total. The number of hydrogen-bond donors (Lipinski definition) is 2. The summed E-state index contributed by atoms with van der Waals surface area (Å²) in [6.45, 7) is 1.75. The predicted molar refractivity (Wildman–Crippen MR) is 108 cm³/mol. The third-order valence-electron chi connectivity index (χ3n) is 3.76. The summed E-state index contributed by atoms with van der Waals surface area (Å²) in [4.78, 5) is 8.66. The Balaban J connectivity index is 1.43. The van der Waals surface area contributed by atoms with Gasteiger partial charge >= 0.3 is 0 Å². The molecular formula is C20H21ClN4O2. The van der Waals surface area contributed by atoms with Gasteiger partial charge in [0.05, 0.1) is 13.7 Å². The third kappa shape index (κ3) is 6.04. The largest absolute Gasteiger partial charge is 0.497 e. The molecule has 0 atom stereocenters. The highest BCUT2D eigenvalue weighted by molar-refractivity contribution is 6.30. The summed E-state index contributed by atoms with van der Waals surface area (Å²) in [6, 6.07) is 17.0. The van der Waals surface area contributed by atoms with E-state index in [1.54, 1.807) is 13.3 Å². The summed E-state index contributed by atoms with van der Waals surface area (Å²) in [7, 11) is 1.64. The number of nitrogens with zero attached hydrogens (tertiary/aromatic N) is 2. The van der Waals surface area contributed by atoms with Crippen LogP contribution in [-0.4, -0.2) is 30.2 Å². The van der Waals surface area contributed by atoms with Gasteiger partial charge in [-0.1, -0.05) is 23.7 Å². The molecule has 0 fully saturated rings. The Morgan fingerprint density at radius 1 is 0.926 bits per heavy atom. The lowest BCUT2D eigenvalue weighted by Gasteiger charge is -2.10. The van der Waals surface area contributed by atoms with Crippen LogP contribution in [0.2, 0.25) is 5.02 Å². The molecule has 3 aromatic rings. The zero-order chi connectivity index (χ0) is 18.9. The van der Waals surface area contributed by atoms with Crippen molar-refractivity contribution in [2.75, 3.05) is 30.9 Å². The fraction of sp³-hybridized carbons (Fsp3) is 0.200. The van der Waals surface area contributed by atoms with Gasteiger partial charge in [-0.05, 0) is 48.0 Å². The molecule has 0 aliphatic rings. The van der Waals surface area contributed by atoms with Gasteiger partial charge in [0.25, 0.3) is 0 Å². The molecule has 7 heteroatoms. The summed E-state index contributed by atoms with van der Waals surface area (Å²) in [5, 5.41) is 7.15. The number of halogens is 1. The van der Waals surface area contributed by atoms with Gasteiger partial charge in [0.2, 0.25) is 5.95 Å². The number of nitrogens with one attached hydrogen (secondary N) is 2. The lowest BCUT2D eigenvalue weighted by Crippen LogP contribution is -2.14. The Morgan fingerprint density at radius 2 is 1.67 bits per heavy atom. The Bertz CT molecular complexity index is 841. The Morgan fingerprint density at radius 3 is 2.41 bits per heavy atom. The number of methoxy groups -OCH3 is 1. The standard InChI is InChI=1S/C20H21ClN4O2/c1-26-17-6-8-18(9-7-17)27-13-12-23-20-22-11-10-19(25-20)24-14-15-2-4-16(21)5-3-15/h2-11H,12-14H2,1H3,(H2,22,23,24,25). The topological polar surface area (TPSA) is 68.3 Å². The molecule has 140 valence electrons. The average molecular weight is 385 g/mol. The van der Waals surface area contributed by atoms with Crippen molar-refractivity contribution in [2.24, 2.45) is 0 Å². The van der Waals surface area contributed by atoms with Crippen LogP contribution in [-0.2, 0) is 6.54 Å². The fourth-order valence-corrected chi connectivity index (χ4v) is 2.47. The molecule has 0 saturated carbocycles. The molecule has 0 aliphatic heterocycles. The molecule has 0 radical (unpaired) electrons. The normalized spacial score (nSPS) is 10.3. The first kappa shape index (κ1) is 18.8. The number of benzene rings is 2. The van der Waals surface area contributed by atoms with Crippen molar-refractivity contribution in [1.82, 2.24) is 9.97 Å². The highest BCUT2D eigenvalue weighted by Gasteiger charge is 2.00. The number of hydrogen-bond acceptors (Lipinski definition) is 6. The van der Waals surface area contributed by atoms with E-state index in [0.29, 0.717) is 25.6 Å². The van der Waals surface area contributed by atoms with Crippen LogP contribution in [0.25, 0.3) is 0 Å². The minimum absolute atomic E-state index is 0.498. The number of rotatable bonds is 9. The van der Waals surface area contributed by atoms with E-state index in [1.165, 1.54) is 0 Å². The molecule has 0 amide bonds. The lowest BCUT2D eigenvalue weighted by molar-refractivity contribution is 0.331. The smallest absolute Gasteiger partial charge is 0.224 e. The molecule has 3 rings (SSSR count). The van der Waals surface area contributed by atoms with Crippen LogP contribution < -0.4 is 20.1 Å². The van der Waals surface area contributed by atoms with Crippen LogP contribution in [0, 0.1) is 0 Å². The molecule has 27 heavy (non-hydrogen) atoms. The number of aromatic nitrogens is 2. The van der Waals surface area contributed by atoms with Crippen LogP contribution in [0.5, 0.6) is 11.5 Å². The van der Waals surface area contributed by atoms with Crippen molar-refractivity contribution in [1.29, 1.82) is 0 Å². The van der Waals surface area contributed by atoms with Gasteiger partial charge in [0.1, 0.15) is 23.9 Å². The minimum atomic E-state index is 0.498. The average Bonchev–Trinajstić information content (AvgIpc) is 2.71. The van der Waals surface area contributed by atoms with E-state index < -0.39 is 0 Å². The van der Waals surface area contributed by atoms with Crippen molar-refractivity contribution in [3.05, 3.63) is 71.4 Å². The fourth-order valence-electron chi connectivity index (χ4n) is 2.34. The molecule has 1 aromatic heterocycles.